The lowest BCUT2D eigenvalue weighted by Gasteiger charge is -2.24. The molecule has 2 aromatic rings. The second-order valence-corrected chi connectivity index (χ2v) is 7.90. The van der Waals surface area contributed by atoms with Crippen molar-refractivity contribution in [2.24, 2.45) is 5.73 Å². The van der Waals surface area contributed by atoms with Gasteiger partial charge in [0.15, 0.2) is 0 Å². The third-order valence-electron chi connectivity index (χ3n) is 4.06. The second-order valence-electron chi connectivity index (χ2n) is 6.33. The van der Waals surface area contributed by atoms with Crippen LogP contribution in [0.25, 0.3) is 0 Å². The van der Waals surface area contributed by atoms with Crippen LogP contribution in [-0.2, 0) is 26.1 Å². The molecule has 27 heavy (non-hydrogen) atoms. The third-order valence-corrected chi connectivity index (χ3v) is 4.55. The van der Waals surface area contributed by atoms with Crippen LogP contribution in [0.4, 0.5) is 0 Å². The lowest BCUT2D eigenvalue weighted by molar-refractivity contribution is -0.143. The van der Waals surface area contributed by atoms with Crippen molar-refractivity contribution < 1.29 is 22.1 Å². The van der Waals surface area contributed by atoms with Crippen molar-refractivity contribution in [3.8, 4) is 5.75 Å². The number of hydrogen-bond donors (Lipinski definition) is 1. The lowest BCUT2D eigenvalue weighted by atomic mass is 9.85. The summed E-state index contributed by atoms with van der Waals surface area (Å²) in [5, 5.41) is 0. The van der Waals surface area contributed by atoms with Crippen LogP contribution in [0.15, 0.2) is 54.6 Å². The first-order valence-electron chi connectivity index (χ1n) is 8.73. The van der Waals surface area contributed by atoms with Gasteiger partial charge in [0.05, 0.1) is 19.3 Å². The van der Waals surface area contributed by atoms with Crippen LogP contribution in [0.3, 0.4) is 0 Å². The van der Waals surface area contributed by atoms with Crippen molar-refractivity contribution >= 4 is 16.1 Å². The number of carbonyl (C=O) groups is 1. The number of carbonyl (C=O) groups excluding carboxylic acids is 1. The molecule has 0 aromatic heterocycles. The van der Waals surface area contributed by atoms with E-state index in [0.29, 0.717) is 6.42 Å². The zero-order chi connectivity index (χ0) is 19.9. The van der Waals surface area contributed by atoms with E-state index < -0.39 is 10.1 Å². The van der Waals surface area contributed by atoms with Gasteiger partial charge in [-0.3, -0.25) is 4.79 Å². The molecule has 0 spiro atoms. The molecular formula is C20H25NO5S. The fourth-order valence-corrected chi connectivity index (χ4v) is 3.37. The van der Waals surface area contributed by atoms with E-state index in [-0.39, 0.29) is 36.7 Å². The maximum atomic E-state index is 12.1. The van der Waals surface area contributed by atoms with Gasteiger partial charge >= 0.3 is 16.1 Å². The molecule has 0 amide bonds. The van der Waals surface area contributed by atoms with Crippen molar-refractivity contribution in [3.63, 3.8) is 0 Å². The van der Waals surface area contributed by atoms with E-state index in [1.165, 1.54) is 0 Å². The van der Waals surface area contributed by atoms with E-state index in [4.69, 9.17) is 14.7 Å². The summed E-state index contributed by atoms with van der Waals surface area (Å²) in [7, 11) is -3.64. The Kier molecular flexibility index (Phi) is 7.38. The predicted molar refractivity (Wildman–Crippen MR) is 104 cm³/mol. The largest absolute Gasteiger partial charge is 0.466 e. The summed E-state index contributed by atoms with van der Waals surface area (Å²) in [4.78, 5) is 12.1. The van der Waals surface area contributed by atoms with Crippen LogP contribution in [0.2, 0.25) is 0 Å². The molecule has 0 saturated carbocycles. The molecular weight excluding hydrogens is 366 g/mol. The van der Waals surface area contributed by atoms with Crippen molar-refractivity contribution in [1.29, 1.82) is 0 Å². The van der Waals surface area contributed by atoms with E-state index in [1.54, 1.807) is 25.1 Å². The summed E-state index contributed by atoms with van der Waals surface area (Å²) >= 11 is 0. The molecule has 7 heteroatoms. The van der Waals surface area contributed by atoms with Gasteiger partial charge < -0.3 is 14.7 Å². The summed E-state index contributed by atoms with van der Waals surface area (Å²) < 4.78 is 32.8. The van der Waals surface area contributed by atoms with Gasteiger partial charge in [0.1, 0.15) is 5.75 Å². The second kappa shape index (κ2) is 9.53. The highest BCUT2D eigenvalue weighted by Crippen LogP contribution is 2.28. The highest BCUT2D eigenvalue weighted by atomic mass is 32.2. The molecule has 2 unspecified atom stereocenters. The summed E-state index contributed by atoms with van der Waals surface area (Å²) in [6.45, 7) is 2.04. The summed E-state index contributed by atoms with van der Waals surface area (Å²) in [6.07, 6.45) is 1.66. The average molecular weight is 391 g/mol. The van der Waals surface area contributed by atoms with Crippen molar-refractivity contribution in [1.82, 2.24) is 0 Å². The summed E-state index contributed by atoms with van der Waals surface area (Å²) in [5.41, 5.74) is 8.22. The molecule has 6 nitrogen and oxygen atoms in total. The van der Waals surface area contributed by atoms with Crippen LogP contribution in [0, 0.1) is 0 Å². The van der Waals surface area contributed by atoms with Gasteiger partial charge in [-0.1, -0.05) is 42.5 Å². The molecule has 0 fully saturated rings. The van der Waals surface area contributed by atoms with E-state index in [2.05, 4.69) is 0 Å². The molecule has 0 aliphatic heterocycles. The van der Waals surface area contributed by atoms with Gasteiger partial charge in [-0.05, 0) is 36.6 Å². The summed E-state index contributed by atoms with van der Waals surface area (Å²) in [6, 6.07) is 16.0. The minimum absolute atomic E-state index is 0.101. The summed E-state index contributed by atoms with van der Waals surface area (Å²) in [5.74, 6) is -0.497. The van der Waals surface area contributed by atoms with Crippen molar-refractivity contribution in [2.75, 3.05) is 12.9 Å². The maximum absolute atomic E-state index is 12.1. The Morgan fingerprint density at radius 2 is 1.81 bits per heavy atom. The highest BCUT2D eigenvalue weighted by Gasteiger charge is 2.25. The monoisotopic (exact) mass is 391 g/mol. The van der Waals surface area contributed by atoms with Crippen molar-refractivity contribution in [2.45, 2.75) is 31.7 Å². The van der Waals surface area contributed by atoms with Gasteiger partial charge in [0.2, 0.25) is 0 Å². The molecule has 0 radical (unpaired) electrons. The first-order chi connectivity index (χ1) is 12.8. The first kappa shape index (κ1) is 20.9. The zero-order valence-electron chi connectivity index (χ0n) is 15.5. The number of ether oxygens (including phenoxy) is 1. The van der Waals surface area contributed by atoms with E-state index in [1.807, 2.05) is 36.4 Å². The Hall–Kier alpha value is -2.38. The Morgan fingerprint density at radius 3 is 2.44 bits per heavy atom. The number of esters is 1. The normalized spacial score (nSPS) is 13.6. The maximum Gasteiger partial charge on any atom is 0.306 e. The van der Waals surface area contributed by atoms with Gasteiger partial charge in [0.25, 0.3) is 0 Å². The Balaban J connectivity index is 2.28. The number of nitrogens with two attached hydrogens (primary N) is 1. The van der Waals surface area contributed by atoms with Gasteiger partial charge in [-0.25, -0.2) is 0 Å². The quantitative estimate of drug-likeness (QED) is 0.521. The molecule has 2 aromatic carbocycles. The zero-order valence-corrected chi connectivity index (χ0v) is 16.3. The molecule has 0 aliphatic carbocycles. The Bertz CT molecular complexity index is 852. The van der Waals surface area contributed by atoms with Crippen LogP contribution in [0.1, 0.15) is 30.4 Å². The fourth-order valence-electron chi connectivity index (χ4n) is 2.92. The number of benzene rings is 2. The van der Waals surface area contributed by atoms with Crippen molar-refractivity contribution in [3.05, 3.63) is 65.7 Å². The minimum Gasteiger partial charge on any atom is -0.466 e. The van der Waals surface area contributed by atoms with Crippen LogP contribution < -0.4 is 9.92 Å². The SMILES string of the molecule is CCOC(=O)CC(c1cccc(OS(C)(=O)=O)c1)C(N)Cc1ccccc1. The highest BCUT2D eigenvalue weighted by molar-refractivity contribution is 7.86. The van der Waals surface area contributed by atoms with Gasteiger partial charge in [-0.2, -0.15) is 8.42 Å². The molecule has 146 valence electrons. The molecule has 0 aliphatic rings. The standard InChI is InChI=1S/C20H25NO5S/c1-3-25-20(22)14-18(19(21)12-15-8-5-4-6-9-15)16-10-7-11-17(13-16)26-27(2,23)24/h4-11,13,18-19H,3,12,14,21H2,1-2H3. The van der Waals surface area contributed by atoms with E-state index >= 15 is 0 Å². The smallest absolute Gasteiger partial charge is 0.306 e. The number of hydrogen-bond acceptors (Lipinski definition) is 6. The topological polar surface area (TPSA) is 95.7 Å². The lowest BCUT2D eigenvalue weighted by Crippen LogP contribution is -2.32. The van der Waals surface area contributed by atoms with Gasteiger partial charge in [-0.15, -0.1) is 0 Å². The third kappa shape index (κ3) is 7.03. The first-order valence-corrected chi connectivity index (χ1v) is 10.5. The van der Waals surface area contributed by atoms with E-state index in [0.717, 1.165) is 17.4 Å². The van der Waals surface area contributed by atoms with Crippen LogP contribution in [0.5, 0.6) is 5.75 Å². The van der Waals surface area contributed by atoms with Gasteiger partial charge in [0, 0.05) is 12.0 Å². The molecule has 2 N–H and O–H groups in total. The average Bonchev–Trinajstić information content (AvgIpc) is 2.59. The minimum atomic E-state index is -3.64. The van der Waals surface area contributed by atoms with Crippen LogP contribution in [-0.4, -0.2) is 33.3 Å². The predicted octanol–water partition coefficient (Wildman–Crippen LogP) is 2.63. The van der Waals surface area contributed by atoms with Crippen LogP contribution >= 0.6 is 0 Å². The Labute approximate surface area is 160 Å². The molecule has 0 saturated heterocycles. The molecule has 0 bridgehead atoms. The van der Waals surface area contributed by atoms with E-state index in [9.17, 15) is 13.2 Å². The molecule has 0 heterocycles. The number of rotatable bonds is 9. The molecule has 2 rings (SSSR count). The fraction of sp³-hybridized carbons (Fsp3) is 0.350. The molecule has 2 atom stereocenters. The Morgan fingerprint density at radius 1 is 1.11 bits per heavy atom.